The molecule has 120 valence electrons. The summed E-state index contributed by atoms with van der Waals surface area (Å²) in [5.74, 6) is 0.285. The number of hydrazone groups is 1. The monoisotopic (exact) mass is 373 g/mol. The lowest BCUT2D eigenvalue weighted by atomic mass is 10.2. The van der Waals surface area contributed by atoms with E-state index in [2.05, 4.69) is 26.5 Å². The third-order valence-corrected chi connectivity index (χ3v) is 3.00. The number of nitrogens with zero attached hydrogens (tertiary/aromatic N) is 1. The molecular formula is C13H16BrN3O5. The van der Waals surface area contributed by atoms with Gasteiger partial charge in [0.2, 0.25) is 0 Å². The van der Waals surface area contributed by atoms with Gasteiger partial charge in [0.1, 0.15) is 0 Å². The summed E-state index contributed by atoms with van der Waals surface area (Å²) in [7, 11) is 1.46. The summed E-state index contributed by atoms with van der Waals surface area (Å²) in [4.78, 5) is 21.9. The number of amides is 2. The van der Waals surface area contributed by atoms with E-state index in [0.717, 1.165) is 0 Å². The molecule has 1 rings (SSSR count). The second kappa shape index (κ2) is 8.88. The summed E-state index contributed by atoms with van der Waals surface area (Å²) in [5.41, 5.74) is 7.60. The molecule has 0 unspecified atom stereocenters. The zero-order chi connectivity index (χ0) is 16.5. The number of nitrogens with two attached hydrogens (primary N) is 1. The van der Waals surface area contributed by atoms with E-state index in [0.29, 0.717) is 21.5 Å². The van der Waals surface area contributed by atoms with Gasteiger partial charge in [0.15, 0.2) is 18.1 Å². The number of nitrogens with one attached hydrogen (secondary N) is 1. The number of methoxy groups -OCH3 is 1. The van der Waals surface area contributed by atoms with E-state index in [1.165, 1.54) is 13.3 Å². The first-order valence-corrected chi connectivity index (χ1v) is 7.01. The summed E-state index contributed by atoms with van der Waals surface area (Å²) >= 11 is 3.33. The smallest absolute Gasteiger partial charge is 0.344 e. The highest BCUT2D eigenvalue weighted by molar-refractivity contribution is 9.10. The average molecular weight is 374 g/mol. The molecule has 0 aromatic heterocycles. The molecule has 8 nitrogen and oxygen atoms in total. The fourth-order valence-electron chi connectivity index (χ4n) is 1.43. The minimum atomic E-state index is -0.770. The molecule has 0 fully saturated rings. The fraction of sp³-hybridized carbons (Fsp3) is 0.308. The number of hydrogen-bond acceptors (Lipinski definition) is 6. The first kappa shape index (κ1) is 17.8. The summed E-state index contributed by atoms with van der Waals surface area (Å²) in [6.07, 6.45) is 1.38. The van der Waals surface area contributed by atoms with E-state index in [-0.39, 0.29) is 13.2 Å². The van der Waals surface area contributed by atoms with Crippen molar-refractivity contribution < 1.29 is 23.8 Å². The predicted octanol–water partition coefficient (Wildman–Crippen LogP) is 1.40. The van der Waals surface area contributed by atoms with E-state index in [9.17, 15) is 9.59 Å². The highest BCUT2D eigenvalue weighted by atomic mass is 79.9. The molecule has 0 saturated heterocycles. The van der Waals surface area contributed by atoms with Crippen LogP contribution in [0.3, 0.4) is 0 Å². The molecule has 3 N–H and O–H groups in total. The van der Waals surface area contributed by atoms with Crippen LogP contribution in [0.1, 0.15) is 12.5 Å². The SMILES string of the molecule is CCOC(=O)COc1cc(Br)c(C=NNC(N)=O)cc1OC. The lowest BCUT2D eigenvalue weighted by Gasteiger charge is -2.12. The maximum atomic E-state index is 11.3. The van der Waals surface area contributed by atoms with Crippen LogP contribution in [-0.4, -0.2) is 38.5 Å². The van der Waals surface area contributed by atoms with Crippen LogP contribution in [0.2, 0.25) is 0 Å². The molecule has 0 aliphatic heterocycles. The number of rotatable bonds is 7. The van der Waals surface area contributed by atoms with Gasteiger partial charge in [-0.2, -0.15) is 5.10 Å². The first-order valence-electron chi connectivity index (χ1n) is 6.22. The van der Waals surface area contributed by atoms with Gasteiger partial charge in [-0.1, -0.05) is 0 Å². The van der Waals surface area contributed by atoms with Crippen LogP contribution in [0, 0.1) is 0 Å². The largest absolute Gasteiger partial charge is 0.493 e. The van der Waals surface area contributed by atoms with Gasteiger partial charge < -0.3 is 19.9 Å². The molecule has 9 heteroatoms. The van der Waals surface area contributed by atoms with Crippen molar-refractivity contribution in [2.24, 2.45) is 10.8 Å². The van der Waals surface area contributed by atoms with Crippen molar-refractivity contribution in [2.75, 3.05) is 20.3 Å². The molecule has 0 saturated carbocycles. The summed E-state index contributed by atoms with van der Waals surface area (Å²) in [6, 6.07) is 2.47. The number of hydrogen-bond donors (Lipinski definition) is 2. The first-order chi connectivity index (χ1) is 10.5. The fourth-order valence-corrected chi connectivity index (χ4v) is 1.85. The molecule has 0 radical (unpaired) electrons. The lowest BCUT2D eigenvalue weighted by Crippen LogP contribution is -2.24. The summed E-state index contributed by atoms with van der Waals surface area (Å²) in [5, 5.41) is 3.66. The Morgan fingerprint density at radius 1 is 1.41 bits per heavy atom. The Hall–Kier alpha value is -2.29. The van der Waals surface area contributed by atoms with Crippen molar-refractivity contribution in [3.63, 3.8) is 0 Å². The Morgan fingerprint density at radius 3 is 2.73 bits per heavy atom. The zero-order valence-corrected chi connectivity index (χ0v) is 13.7. The minimum absolute atomic E-state index is 0.229. The van der Waals surface area contributed by atoms with Gasteiger partial charge in [0.25, 0.3) is 0 Å². The van der Waals surface area contributed by atoms with Crippen molar-refractivity contribution in [1.29, 1.82) is 0 Å². The van der Waals surface area contributed by atoms with Crippen LogP contribution in [0.15, 0.2) is 21.7 Å². The second-order valence-electron chi connectivity index (χ2n) is 3.85. The Balaban J connectivity index is 2.87. The van der Waals surface area contributed by atoms with Crippen LogP contribution >= 0.6 is 15.9 Å². The number of halogens is 1. The third-order valence-electron chi connectivity index (χ3n) is 2.31. The van der Waals surface area contributed by atoms with Crippen LogP contribution in [0.5, 0.6) is 11.5 Å². The van der Waals surface area contributed by atoms with Crippen molar-refractivity contribution >= 4 is 34.1 Å². The molecule has 1 aromatic carbocycles. The molecule has 0 aliphatic rings. The van der Waals surface area contributed by atoms with Crippen LogP contribution in [0.4, 0.5) is 4.79 Å². The van der Waals surface area contributed by atoms with E-state index < -0.39 is 12.0 Å². The predicted molar refractivity (Wildman–Crippen MR) is 83.1 cm³/mol. The van der Waals surface area contributed by atoms with Gasteiger partial charge in [0, 0.05) is 10.0 Å². The summed E-state index contributed by atoms with van der Waals surface area (Å²) in [6.45, 7) is 1.77. The third kappa shape index (κ3) is 5.60. The van der Waals surface area contributed by atoms with Gasteiger partial charge in [-0.3, -0.25) is 0 Å². The quantitative estimate of drug-likeness (QED) is 0.426. The second-order valence-corrected chi connectivity index (χ2v) is 4.71. The molecule has 2 amide bonds. The van der Waals surface area contributed by atoms with Crippen LogP contribution < -0.4 is 20.6 Å². The van der Waals surface area contributed by atoms with Gasteiger partial charge in [0.05, 0.1) is 19.9 Å². The van der Waals surface area contributed by atoms with Gasteiger partial charge in [-0.05, 0) is 35.0 Å². The van der Waals surface area contributed by atoms with E-state index in [4.69, 9.17) is 19.9 Å². The Morgan fingerprint density at radius 2 is 2.14 bits per heavy atom. The molecule has 0 spiro atoms. The van der Waals surface area contributed by atoms with Gasteiger partial charge in [-0.15, -0.1) is 0 Å². The van der Waals surface area contributed by atoms with Gasteiger partial charge in [-0.25, -0.2) is 15.0 Å². The van der Waals surface area contributed by atoms with Crippen molar-refractivity contribution in [1.82, 2.24) is 5.43 Å². The maximum absolute atomic E-state index is 11.3. The molecular weight excluding hydrogens is 358 g/mol. The standard InChI is InChI=1S/C13H16BrN3O5/c1-3-21-12(18)7-22-11-5-9(14)8(4-10(11)20-2)6-16-17-13(15)19/h4-6H,3,7H2,1-2H3,(H3,15,17,19). The van der Waals surface area contributed by atoms with Crippen molar-refractivity contribution in [3.8, 4) is 11.5 Å². The molecule has 0 aliphatic carbocycles. The highest BCUT2D eigenvalue weighted by Crippen LogP contribution is 2.32. The Bertz CT molecular complexity index is 577. The maximum Gasteiger partial charge on any atom is 0.344 e. The van der Waals surface area contributed by atoms with Crippen LogP contribution in [0.25, 0.3) is 0 Å². The number of benzene rings is 1. The number of primary amides is 1. The summed E-state index contributed by atoms with van der Waals surface area (Å²) < 4.78 is 16.0. The number of esters is 1. The molecule has 22 heavy (non-hydrogen) atoms. The molecule has 0 heterocycles. The average Bonchev–Trinajstić information content (AvgIpc) is 2.46. The Labute approximate surface area is 135 Å². The van der Waals surface area contributed by atoms with E-state index in [1.54, 1.807) is 19.1 Å². The van der Waals surface area contributed by atoms with Crippen molar-refractivity contribution in [2.45, 2.75) is 6.92 Å². The topological polar surface area (TPSA) is 112 Å². The van der Waals surface area contributed by atoms with E-state index in [1.807, 2.05) is 0 Å². The van der Waals surface area contributed by atoms with Crippen LogP contribution in [-0.2, 0) is 9.53 Å². The molecule has 0 bridgehead atoms. The van der Waals surface area contributed by atoms with E-state index >= 15 is 0 Å². The number of carbonyl (C=O) groups excluding carboxylic acids is 2. The zero-order valence-electron chi connectivity index (χ0n) is 12.1. The van der Waals surface area contributed by atoms with Gasteiger partial charge >= 0.3 is 12.0 Å². The minimum Gasteiger partial charge on any atom is -0.493 e. The molecule has 1 aromatic rings. The number of ether oxygens (including phenoxy) is 3. The van der Waals surface area contributed by atoms with Crippen molar-refractivity contribution in [3.05, 3.63) is 22.2 Å². The molecule has 0 atom stereocenters. The number of urea groups is 1. The normalized spacial score (nSPS) is 10.3. The highest BCUT2D eigenvalue weighted by Gasteiger charge is 2.11. The lowest BCUT2D eigenvalue weighted by molar-refractivity contribution is -0.145. The Kier molecular flexibility index (Phi) is 7.17. The number of carbonyl (C=O) groups is 2.